The summed E-state index contributed by atoms with van der Waals surface area (Å²) in [5.74, 6) is 0.933. The lowest BCUT2D eigenvalue weighted by atomic mass is 9.97. The molecule has 4 heteroatoms. The largest absolute Gasteiger partial charge is 0.495 e. The molecule has 19 heavy (non-hydrogen) atoms. The summed E-state index contributed by atoms with van der Waals surface area (Å²) in [6.45, 7) is 4.50. The van der Waals surface area contributed by atoms with Gasteiger partial charge in [-0.15, -0.1) is 0 Å². The number of fused-ring (bicyclic) bond motifs is 2. The van der Waals surface area contributed by atoms with Gasteiger partial charge in [-0.3, -0.25) is 4.79 Å². The van der Waals surface area contributed by atoms with E-state index >= 15 is 0 Å². The highest BCUT2D eigenvalue weighted by Crippen LogP contribution is 2.40. The number of ether oxygens (including phenoxy) is 1. The zero-order valence-electron chi connectivity index (χ0n) is 11.5. The van der Waals surface area contributed by atoms with E-state index in [9.17, 15) is 4.79 Å². The standard InChI is InChI=1S/C15H18N2O2/c1-9-4-5-13(19-3)14-12(9)8-11-6-7-17(10(2)18)15(11)16-14/h4-5,8,15-16H,6-7H2,1-3H3. The Hall–Kier alpha value is -1.97. The van der Waals surface area contributed by atoms with Crippen molar-refractivity contribution < 1.29 is 9.53 Å². The van der Waals surface area contributed by atoms with Crippen molar-refractivity contribution >= 4 is 17.7 Å². The second kappa shape index (κ2) is 4.30. The molecule has 4 nitrogen and oxygen atoms in total. The summed E-state index contributed by atoms with van der Waals surface area (Å²) >= 11 is 0. The topological polar surface area (TPSA) is 41.6 Å². The number of nitrogens with one attached hydrogen (secondary N) is 1. The molecule has 1 unspecified atom stereocenters. The number of benzene rings is 1. The number of amides is 1. The van der Waals surface area contributed by atoms with Crippen molar-refractivity contribution in [2.24, 2.45) is 0 Å². The number of carbonyl (C=O) groups excluding carboxylic acids is 1. The fourth-order valence-corrected chi connectivity index (χ4v) is 2.91. The first-order chi connectivity index (χ1) is 9.11. The van der Waals surface area contributed by atoms with Crippen LogP contribution in [0.3, 0.4) is 0 Å². The van der Waals surface area contributed by atoms with Crippen LogP contribution in [-0.2, 0) is 4.79 Å². The molecule has 1 atom stereocenters. The molecular formula is C15H18N2O2. The van der Waals surface area contributed by atoms with Gasteiger partial charge in [-0.2, -0.15) is 0 Å². The van der Waals surface area contributed by atoms with Crippen molar-refractivity contribution in [2.75, 3.05) is 19.0 Å². The molecule has 2 aliphatic rings. The van der Waals surface area contributed by atoms with Crippen LogP contribution < -0.4 is 10.1 Å². The van der Waals surface area contributed by atoms with Gasteiger partial charge in [0.05, 0.1) is 12.8 Å². The predicted molar refractivity (Wildman–Crippen MR) is 75.1 cm³/mol. The maximum atomic E-state index is 11.7. The molecule has 1 saturated heterocycles. The lowest BCUT2D eigenvalue weighted by Crippen LogP contribution is -2.40. The van der Waals surface area contributed by atoms with Gasteiger partial charge in [0.25, 0.3) is 0 Å². The highest BCUT2D eigenvalue weighted by atomic mass is 16.5. The first-order valence-electron chi connectivity index (χ1n) is 6.53. The van der Waals surface area contributed by atoms with Crippen LogP contribution in [0.1, 0.15) is 24.5 Å². The number of aryl methyl sites for hydroxylation is 1. The smallest absolute Gasteiger partial charge is 0.221 e. The molecule has 0 spiro atoms. The molecule has 0 radical (unpaired) electrons. The molecule has 3 rings (SSSR count). The summed E-state index contributed by atoms with van der Waals surface area (Å²) in [5, 5.41) is 3.46. The zero-order chi connectivity index (χ0) is 13.6. The van der Waals surface area contributed by atoms with E-state index in [1.54, 1.807) is 14.0 Å². The molecule has 0 saturated carbocycles. The fourth-order valence-electron chi connectivity index (χ4n) is 2.91. The molecule has 1 fully saturated rings. The highest BCUT2D eigenvalue weighted by Gasteiger charge is 2.34. The third-order valence-corrected chi connectivity index (χ3v) is 3.96. The summed E-state index contributed by atoms with van der Waals surface area (Å²) in [6.07, 6.45) is 3.13. The average Bonchev–Trinajstić information content (AvgIpc) is 2.80. The molecule has 1 amide bonds. The zero-order valence-corrected chi connectivity index (χ0v) is 11.5. The summed E-state index contributed by atoms with van der Waals surface area (Å²) in [5.41, 5.74) is 4.66. The highest BCUT2D eigenvalue weighted by molar-refractivity contribution is 5.83. The average molecular weight is 258 g/mol. The minimum Gasteiger partial charge on any atom is -0.495 e. The Morgan fingerprint density at radius 2 is 2.26 bits per heavy atom. The molecule has 100 valence electrons. The van der Waals surface area contributed by atoms with Crippen LogP contribution >= 0.6 is 0 Å². The van der Waals surface area contributed by atoms with E-state index in [-0.39, 0.29) is 12.1 Å². The number of nitrogens with zero attached hydrogens (tertiary/aromatic N) is 1. The number of methoxy groups -OCH3 is 1. The first-order valence-corrected chi connectivity index (χ1v) is 6.53. The summed E-state index contributed by atoms with van der Waals surface area (Å²) in [6, 6.07) is 4.03. The minimum absolute atomic E-state index is 0.0132. The lowest BCUT2D eigenvalue weighted by molar-refractivity contribution is -0.128. The lowest BCUT2D eigenvalue weighted by Gasteiger charge is -2.31. The number of carbonyl (C=O) groups is 1. The minimum atomic E-state index is -0.0132. The van der Waals surface area contributed by atoms with Crippen molar-refractivity contribution in [2.45, 2.75) is 26.4 Å². The van der Waals surface area contributed by atoms with Gasteiger partial charge >= 0.3 is 0 Å². The quantitative estimate of drug-likeness (QED) is 0.841. The summed E-state index contributed by atoms with van der Waals surface area (Å²) in [7, 11) is 1.67. The number of hydrogen-bond acceptors (Lipinski definition) is 3. The molecule has 0 aromatic heterocycles. The predicted octanol–water partition coefficient (Wildman–Crippen LogP) is 2.39. The van der Waals surface area contributed by atoms with Crippen LogP contribution in [0.2, 0.25) is 0 Å². The Morgan fingerprint density at radius 1 is 1.47 bits per heavy atom. The monoisotopic (exact) mass is 258 g/mol. The molecular weight excluding hydrogens is 240 g/mol. The van der Waals surface area contributed by atoms with E-state index < -0.39 is 0 Å². The van der Waals surface area contributed by atoms with Gasteiger partial charge in [0.15, 0.2) is 0 Å². The molecule has 0 aliphatic carbocycles. The van der Waals surface area contributed by atoms with Gasteiger partial charge in [0.1, 0.15) is 11.9 Å². The van der Waals surface area contributed by atoms with Crippen LogP contribution in [0, 0.1) is 6.92 Å². The SMILES string of the molecule is COc1ccc(C)c2c1NC1C(=C2)CCN1C(C)=O. The van der Waals surface area contributed by atoms with Crippen molar-refractivity contribution in [1.29, 1.82) is 0 Å². The number of hydrogen-bond donors (Lipinski definition) is 1. The molecule has 1 N–H and O–H groups in total. The second-order valence-electron chi connectivity index (χ2n) is 5.10. The van der Waals surface area contributed by atoms with Crippen molar-refractivity contribution in [3.63, 3.8) is 0 Å². The van der Waals surface area contributed by atoms with Crippen LogP contribution in [0.4, 0.5) is 5.69 Å². The second-order valence-corrected chi connectivity index (χ2v) is 5.10. The molecule has 1 aromatic carbocycles. The Kier molecular flexibility index (Phi) is 2.73. The summed E-state index contributed by atoms with van der Waals surface area (Å²) in [4.78, 5) is 13.5. The summed E-state index contributed by atoms with van der Waals surface area (Å²) < 4.78 is 5.42. The van der Waals surface area contributed by atoms with Crippen LogP contribution in [-0.4, -0.2) is 30.6 Å². The van der Waals surface area contributed by atoms with Gasteiger partial charge in [0, 0.05) is 19.0 Å². The molecule has 2 aliphatic heterocycles. The Labute approximate surface area is 113 Å². The molecule has 2 heterocycles. The van der Waals surface area contributed by atoms with Crippen molar-refractivity contribution in [1.82, 2.24) is 4.90 Å². The van der Waals surface area contributed by atoms with Crippen molar-refractivity contribution in [3.8, 4) is 5.75 Å². The van der Waals surface area contributed by atoms with Gasteiger partial charge < -0.3 is 15.0 Å². The number of likely N-dealkylation sites (tertiary alicyclic amines) is 1. The van der Waals surface area contributed by atoms with Crippen LogP contribution in [0.5, 0.6) is 5.75 Å². The maximum Gasteiger partial charge on any atom is 0.221 e. The van der Waals surface area contributed by atoms with Gasteiger partial charge in [-0.25, -0.2) is 0 Å². The third kappa shape index (κ3) is 1.79. The number of rotatable bonds is 1. The van der Waals surface area contributed by atoms with E-state index in [0.29, 0.717) is 0 Å². The van der Waals surface area contributed by atoms with E-state index in [0.717, 1.165) is 24.4 Å². The number of anilines is 1. The van der Waals surface area contributed by atoms with Crippen molar-refractivity contribution in [3.05, 3.63) is 28.8 Å². The van der Waals surface area contributed by atoms with Crippen LogP contribution in [0.25, 0.3) is 6.08 Å². The molecule has 1 aromatic rings. The van der Waals surface area contributed by atoms with E-state index in [1.807, 2.05) is 11.0 Å². The maximum absolute atomic E-state index is 11.7. The van der Waals surface area contributed by atoms with E-state index in [4.69, 9.17) is 4.74 Å². The fraction of sp³-hybridized carbons (Fsp3) is 0.400. The van der Waals surface area contributed by atoms with E-state index in [1.165, 1.54) is 16.7 Å². The Bertz CT molecular complexity index is 578. The van der Waals surface area contributed by atoms with Gasteiger partial charge in [0.2, 0.25) is 5.91 Å². The third-order valence-electron chi connectivity index (χ3n) is 3.96. The Balaban J connectivity index is 2.08. The Morgan fingerprint density at radius 3 is 2.95 bits per heavy atom. The van der Waals surface area contributed by atoms with Gasteiger partial charge in [-0.1, -0.05) is 6.07 Å². The first kappa shape index (κ1) is 12.1. The normalized spacial score (nSPS) is 20.3. The van der Waals surface area contributed by atoms with Gasteiger partial charge in [-0.05, 0) is 36.6 Å². The van der Waals surface area contributed by atoms with E-state index in [2.05, 4.69) is 24.4 Å². The van der Waals surface area contributed by atoms with Crippen LogP contribution in [0.15, 0.2) is 17.7 Å². The molecule has 0 bridgehead atoms.